The van der Waals surface area contributed by atoms with Gasteiger partial charge in [-0.25, -0.2) is 0 Å². The molecule has 0 amide bonds. The molecule has 2 nitrogen and oxygen atoms in total. The molecular formula is C18H19NO. The van der Waals surface area contributed by atoms with Gasteiger partial charge in [-0.05, 0) is 24.1 Å². The number of rotatable bonds is 4. The number of ether oxygens (including phenoxy) is 1. The van der Waals surface area contributed by atoms with Crippen molar-refractivity contribution in [3.63, 3.8) is 0 Å². The number of fused-ring (bicyclic) bond motifs is 1. The van der Waals surface area contributed by atoms with Crippen LogP contribution in [0.4, 0.5) is 5.69 Å². The van der Waals surface area contributed by atoms with Gasteiger partial charge in [0.15, 0.2) is 0 Å². The molecule has 1 unspecified atom stereocenters. The Labute approximate surface area is 120 Å². The maximum absolute atomic E-state index is 5.47. The van der Waals surface area contributed by atoms with Gasteiger partial charge in [0, 0.05) is 17.8 Å². The Bertz CT molecular complexity index is 606. The summed E-state index contributed by atoms with van der Waals surface area (Å²) in [6.45, 7) is 5.03. The number of methoxy groups -OCH3 is 1. The Morgan fingerprint density at radius 2 is 1.95 bits per heavy atom. The van der Waals surface area contributed by atoms with Gasteiger partial charge in [-0.15, -0.1) is 6.58 Å². The summed E-state index contributed by atoms with van der Waals surface area (Å²) in [5.41, 5.74) is 3.84. The SMILES string of the molecule is C=CC(c1ccccc1)N1CCc2c(OC)cccc21. The Balaban J connectivity index is 2.00. The van der Waals surface area contributed by atoms with Crippen LogP contribution in [0.5, 0.6) is 5.75 Å². The van der Waals surface area contributed by atoms with E-state index in [1.165, 1.54) is 16.8 Å². The number of nitrogens with zero attached hydrogens (tertiary/aromatic N) is 1. The molecule has 0 radical (unpaired) electrons. The molecule has 2 heteroatoms. The molecule has 0 bridgehead atoms. The van der Waals surface area contributed by atoms with Crippen molar-refractivity contribution in [2.75, 3.05) is 18.6 Å². The zero-order chi connectivity index (χ0) is 13.9. The third-order valence-electron chi connectivity index (χ3n) is 3.94. The molecule has 20 heavy (non-hydrogen) atoms. The Morgan fingerprint density at radius 1 is 1.15 bits per heavy atom. The van der Waals surface area contributed by atoms with E-state index in [0.717, 1.165) is 18.7 Å². The van der Waals surface area contributed by atoms with Crippen LogP contribution in [0, 0.1) is 0 Å². The van der Waals surface area contributed by atoms with Gasteiger partial charge in [-0.2, -0.15) is 0 Å². The lowest BCUT2D eigenvalue weighted by Crippen LogP contribution is -2.25. The van der Waals surface area contributed by atoms with E-state index in [1.807, 2.05) is 18.2 Å². The molecule has 1 atom stereocenters. The van der Waals surface area contributed by atoms with Crippen LogP contribution in [0.2, 0.25) is 0 Å². The first-order chi connectivity index (χ1) is 9.85. The predicted molar refractivity (Wildman–Crippen MR) is 83.4 cm³/mol. The average Bonchev–Trinajstić information content (AvgIpc) is 2.93. The molecule has 2 aromatic carbocycles. The summed E-state index contributed by atoms with van der Waals surface area (Å²) in [5, 5.41) is 0. The summed E-state index contributed by atoms with van der Waals surface area (Å²) in [4.78, 5) is 2.40. The van der Waals surface area contributed by atoms with E-state index in [-0.39, 0.29) is 6.04 Å². The van der Waals surface area contributed by atoms with Crippen LogP contribution in [0.1, 0.15) is 17.2 Å². The van der Waals surface area contributed by atoms with Crippen molar-refractivity contribution in [3.05, 3.63) is 72.3 Å². The Kier molecular flexibility index (Phi) is 3.46. The van der Waals surface area contributed by atoms with E-state index >= 15 is 0 Å². The summed E-state index contributed by atoms with van der Waals surface area (Å²) in [6, 6.07) is 17.0. The number of benzene rings is 2. The molecule has 0 fully saturated rings. The molecule has 102 valence electrons. The van der Waals surface area contributed by atoms with Gasteiger partial charge < -0.3 is 9.64 Å². The number of anilines is 1. The summed E-state index contributed by atoms with van der Waals surface area (Å²) in [7, 11) is 1.74. The second-order valence-electron chi connectivity index (χ2n) is 4.99. The van der Waals surface area contributed by atoms with E-state index in [2.05, 4.69) is 47.9 Å². The van der Waals surface area contributed by atoms with Gasteiger partial charge in [0.1, 0.15) is 5.75 Å². The van der Waals surface area contributed by atoms with Gasteiger partial charge in [0.05, 0.1) is 13.2 Å². The maximum Gasteiger partial charge on any atom is 0.124 e. The summed E-state index contributed by atoms with van der Waals surface area (Å²) in [6.07, 6.45) is 3.04. The highest BCUT2D eigenvalue weighted by molar-refractivity contribution is 5.65. The molecule has 0 aromatic heterocycles. The van der Waals surface area contributed by atoms with Crippen molar-refractivity contribution < 1.29 is 4.74 Å². The molecule has 0 saturated heterocycles. The van der Waals surface area contributed by atoms with E-state index in [0.29, 0.717) is 0 Å². The zero-order valence-electron chi connectivity index (χ0n) is 11.8. The molecule has 0 aliphatic carbocycles. The fourth-order valence-corrected chi connectivity index (χ4v) is 3.00. The lowest BCUT2D eigenvalue weighted by atomic mass is 10.1. The second-order valence-corrected chi connectivity index (χ2v) is 4.99. The van der Waals surface area contributed by atoms with Crippen molar-refractivity contribution in [1.29, 1.82) is 0 Å². The normalized spacial score (nSPS) is 14.8. The van der Waals surface area contributed by atoms with Gasteiger partial charge in [0.25, 0.3) is 0 Å². The minimum absolute atomic E-state index is 0.213. The second kappa shape index (κ2) is 5.41. The molecule has 0 saturated carbocycles. The third kappa shape index (κ3) is 2.07. The highest BCUT2D eigenvalue weighted by atomic mass is 16.5. The molecule has 1 aliphatic heterocycles. The average molecular weight is 265 g/mol. The van der Waals surface area contributed by atoms with E-state index in [9.17, 15) is 0 Å². The van der Waals surface area contributed by atoms with Gasteiger partial charge in [0.2, 0.25) is 0 Å². The van der Waals surface area contributed by atoms with Crippen LogP contribution in [0.15, 0.2) is 61.2 Å². The molecule has 1 aliphatic rings. The summed E-state index contributed by atoms with van der Waals surface area (Å²) < 4.78 is 5.47. The first-order valence-electron chi connectivity index (χ1n) is 6.95. The molecule has 3 rings (SSSR count). The van der Waals surface area contributed by atoms with Crippen molar-refractivity contribution >= 4 is 5.69 Å². The fourth-order valence-electron chi connectivity index (χ4n) is 3.00. The van der Waals surface area contributed by atoms with Crippen LogP contribution in [-0.2, 0) is 6.42 Å². The van der Waals surface area contributed by atoms with Crippen LogP contribution in [0.3, 0.4) is 0 Å². The highest BCUT2D eigenvalue weighted by Crippen LogP contribution is 2.39. The van der Waals surface area contributed by atoms with Crippen molar-refractivity contribution in [3.8, 4) is 5.75 Å². The number of hydrogen-bond donors (Lipinski definition) is 0. The van der Waals surface area contributed by atoms with E-state index < -0.39 is 0 Å². The van der Waals surface area contributed by atoms with Crippen LogP contribution >= 0.6 is 0 Å². The Morgan fingerprint density at radius 3 is 2.65 bits per heavy atom. The Hall–Kier alpha value is -2.22. The molecule has 0 spiro atoms. The van der Waals surface area contributed by atoms with Crippen molar-refractivity contribution in [1.82, 2.24) is 0 Å². The monoisotopic (exact) mass is 265 g/mol. The number of hydrogen-bond acceptors (Lipinski definition) is 2. The standard InChI is InChI=1S/C18H19NO/c1-3-16(14-8-5-4-6-9-14)19-13-12-15-17(19)10-7-11-18(15)20-2/h3-11,16H,1,12-13H2,2H3. The zero-order valence-corrected chi connectivity index (χ0v) is 11.8. The molecular weight excluding hydrogens is 246 g/mol. The van der Waals surface area contributed by atoms with Crippen LogP contribution in [-0.4, -0.2) is 13.7 Å². The lowest BCUT2D eigenvalue weighted by Gasteiger charge is -2.28. The highest BCUT2D eigenvalue weighted by Gasteiger charge is 2.27. The predicted octanol–water partition coefficient (Wildman–Crippen LogP) is 3.99. The van der Waals surface area contributed by atoms with E-state index in [1.54, 1.807) is 7.11 Å². The fraction of sp³-hybridized carbons (Fsp3) is 0.222. The van der Waals surface area contributed by atoms with Gasteiger partial charge >= 0.3 is 0 Å². The summed E-state index contributed by atoms with van der Waals surface area (Å²) >= 11 is 0. The van der Waals surface area contributed by atoms with Gasteiger partial charge in [-0.3, -0.25) is 0 Å². The van der Waals surface area contributed by atoms with Crippen molar-refractivity contribution in [2.24, 2.45) is 0 Å². The van der Waals surface area contributed by atoms with Crippen LogP contribution < -0.4 is 9.64 Å². The van der Waals surface area contributed by atoms with Crippen LogP contribution in [0.25, 0.3) is 0 Å². The minimum Gasteiger partial charge on any atom is -0.496 e. The van der Waals surface area contributed by atoms with Gasteiger partial charge in [-0.1, -0.05) is 42.5 Å². The third-order valence-corrected chi connectivity index (χ3v) is 3.94. The van der Waals surface area contributed by atoms with E-state index in [4.69, 9.17) is 4.74 Å². The summed E-state index contributed by atoms with van der Waals surface area (Å²) in [5.74, 6) is 0.987. The largest absolute Gasteiger partial charge is 0.496 e. The molecule has 2 aromatic rings. The lowest BCUT2D eigenvalue weighted by molar-refractivity contribution is 0.411. The molecule has 1 heterocycles. The minimum atomic E-state index is 0.213. The maximum atomic E-state index is 5.47. The molecule has 0 N–H and O–H groups in total. The smallest absolute Gasteiger partial charge is 0.124 e. The first-order valence-corrected chi connectivity index (χ1v) is 6.95. The topological polar surface area (TPSA) is 12.5 Å². The first kappa shape index (κ1) is 12.8. The van der Waals surface area contributed by atoms with Crippen molar-refractivity contribution in [2.45, 2.75) is 12.5 Å². The quantitative estimate of drug-likeness (QED) is 0.775.